The first-order valence-electron chi connectivity index (χ1n) is 4.46. The molecule has 0 aromatic carbocycles. The van der Waals surface area contributed by atoms with Crippen LogP contribution in [0.15, 0.2) is 22.9 Å². The number of halogens is 1. The minimum Gasteiger partial charge on any atom is -0.381 e. The SMILES string of the molecule is CC1(C)CC1Nc1ccncc1Br. The van der Waals surface area contributed by atoms with Gasteiger partial charge < -0.3 is 5.32 Å². The molecule has 3 heteroatoms. The van der Waals surface area contributed by atoms with Gasteiger partial charge in [-0.25, -0.2) is 0 Å². The summed E-state index contributed by atoms with van der Waals surface area (Å²) in [6.45, 7) is 4.56. The molecule has 1 heterocycles. The Hall–Kier alpha value is -0.570. The van der Waals surface area contributed by atoms with Crippen LogP contribution in [0.2, 0.25) is 0 Å². The second-order valence-corrected chi connectivity index (χ2v) is 5.10. The minimum absolute atomic E-state index is 0.461. The van der Waals surface area contributed by atoms with Gasteiger partial charge in [0.1, 0.15) is 0 Å². The van der Waals surface area contributed by atoms with Crippen molar-refractivity contribution in [3.05, 3.63) is 22.9 Å². The summed E-state index contributed by atoms with van der Waals surface area (Å²) in [6.07, 6.45) is 4.88. The van der Waals surface area contributed by atoms with Crippen LogP contribution in [0.25, 0.3) is 0 Å². The molecule has 0 bridgehead atoms. The lowest BCUT2D eigenvalue weighted by Crippen LogP contribution is -2.08. The summed E-state index contributed by atoms with van der Waals surface area (Å²) in [7, 11) is 0. The van der Waals surface area contributed by atoms with Gasteiger partial charge in [-0.1, -0.05) is 13.8 Å². The first-order valence-corrected chi connectivity index (χ1v) is 5.25. The maximum atomic E-state index is 4.02. The number of hydrogen-bond donors (Lipinski definition) is 1. The molecule has 2 nitrogen and oxygen atoms in total. The first kappa shape index (κ1) is 9.00. The standard InChI is InChI=1S/C10H13BrN2/c1-10(2)5-9(10)13-8-3-4-12-6-7(8)11/h3-4,6,9H,5H2,1-2H3,(H,12,13). The summed E-state index contributed by atoms with van der Waals surface area (Å²) in [5.74, 6) is 0. The minimum atomic E-state index is 0.461. The van der Waals surface area contributed by atoms with Crippen molar-refractivity contribution in [1.82, 2.24) is 4.98 Å². The van der Waals surface area contributed by atoms with E-state index in [1.54, 1.807) is 0 Å². The Labute approximate surface area is 86.9 Å². The molecule has 0 amide bonds. The molecule has 1 saturated carbocycles. The van der Waals surface area contributed by atoms with E-state index >= 15 is 0 Å². The summed E-state index contributed by atoms with van der Waals surface area (Å²) in [5, 5.41) is 3.49. The molecule has 1 fully saturated rings. The number of nitrogens with zero attached hydrogens (tertiary/aromatic N) is 1. The third-order valence-electron chi connectivity index (χ3n) is 2.62. The van der Waals surface area contributed by atoms with E-state index in [1.807, 2.05) is 18.5 Å². The van der Waals surface area contributed by atoms with Crippen LogP contribution in [0.3, 0.4) is 0 Å². The second-order valence-electron chi connectivity index (χ2n) is 4.25. The zero-order valence-corrected chi connectivity index (χ0v) is 9.43. The lowest BCUT2D eigenvalue weighted by atomic mass is 10.2. The molecule has 1 aliphatic carbocycles. The van der Waals surface area contributed by atoms with E-state index in [9.17, 15) is 0 Å². The molecule has 1 atom stereocenters. The van der Waals surface area contributed by atoms with Gasteiger partial charge in [-0.2, -0.15) is 0 Å². The van der Waals surface area contributed by atoms with Gasteiger partial charge in [0.05, 0.1) is 10.2 Å². The largest absolute Gasteiger partial charge is 0.381 e. The first-order chi connectivity index (χ1) is 6.09. The lowest BCUT2D eigenvalue weighted by molar-refractivity contribution is 0.630. The van der Waals surface area contributed by atoms with Crippen molar-refractivity contribution in [1.29, 1.82) is 0 Å². The van der Waals surface area contributed by atoms with Gasteiger partial charge in [-0.3, -0.25) is 4.98 Å². The Morgan fingerprint density at radius 2 is 2.31 bits per heavy atom. The number of anilines is 1. The zero-order chi connectivity index (χ0) is 9.47. The van der Waals surface area contributed by atoms with E-state index in [2.05, 4.69) is 40.1 Å². The normalized spacial score (nSPS) is 24.1. The lowest BCUT2D eigenvalue weighted by Gasteiger charge is -2.09. The number of pyridine rings is 1. The molecular weight excluding hydrogens is 228 g/mol. The zero-order valence-electron chi connectivity index (χ0n) is 7.84. The van der Waals surface area contributed by atoms with Crippen molar-refractivity contribution in [2.24, 2.45) is 5.41 Å². The van der Waals surface area contributed by atoms with Crippen molar-refractivity contribution in [2.45, 2.75) is 26.3 Å². The molecule has 0 spiro atoms. The molecule has 2 rings (SSSR count). The highest BCUT2D eigenvalue weighted by atomic mass is 79.9. The molecule has 0 radical (unpaired) electrons. The van der Waals surface area contributed by atoms with Crippen LogP contribution in [0, 0.1) is 5.41 Å². The van der Waals surface area contributed by atoms with E-state index in [0.29, 0.717) is 11.5 Å². The maximum Gasteiger partial charge on any atom is 0.0590 e. The molecule has 1 aromatic heterocycles. The number of nitrogens with one attached hydrogen (secondary N) is 1. The fourth-order valence-electron chi connectivity index (χ4n) is 1.39. The van der Waals surface area contributed by atoms with Gasteiger partial charge in [-0.05, 0) is 33.8 Å². The van der Waals surface area contributed by atoms with Gasteiger partial charge in [0.25, 0.3) is 0 Å². The summed E-state index contributed by atoms with van der Waals surface area (Å²) in [6, 6.07) is 2.62. The fourth-order valence-corrected chi connectivity index (χ4v) is 1.76. The van der Waals surface area contributed by atoms with Crippen molar-refractivity contribution in [2.75, 3.05) is 5.32 Å². The molecule has 13 heavy (non-hydrogen) atoms. The highest BCUT2D eigenvalue weighted by Crippen LogP contribution is 2.47. The third-order valence-corrected chi connectivity index (χ3v) is 3.25. The third kappa shape index (κ3) is 1.85. The van der Waals surface area contributed by atoms with Gasteiger partial charge in [0, 0.05) is 18.4 Å². The highest BCUT2D eigenvalue weighted by Gasteiger charge is 2.45. The molecular formula is C10H13BrN2. The Morgan fingerprint density at radius 3 is 2.85 bits per heavy atom. The molecule has 1 unspecified atom stereocenters. The summed E-state index contributed by atoms with van der Waals surface area (Å²) in [4.78, 5) is 4.02. The van der Waals surface area contributed by atoms with Gasteiger partial charge in [0.2, 0.25) is 0 Å². The van der Waals surface area contributed by atoms with E-state index < -0.39 is 0 Å². The van der Waals surface area contributed by atoms with Crippen molar-refractivity contribution < 1.29 is 0 Å². The quantitative estimate of drug-likeness (QED) is 0.860. The second kappa shape index (κ2) is 2.98. The Bertz CT molecular complexity index is 322. The monoisotopic (exact) mass is 240 g/mol. The molecule has 0 aliphatic heterocycles. The van der Waals surface area contributed by atoms with Crippen molar-refractivity contribution in [3.8, 4) is 0 Å². The number of hydrogen-bond acceptors (Lipinski definition) is 2. The predicted octanol–water partition coefficient (Wildman–Crippen LogP) is 3.05. The van der Waals surface area contributed by atoms with Crippen LogP contribution in [-0.2, 0) is 0 Å². The van der Waals surface area contributed by atoms with Crippen LogP contribution in [0.5, 0.6) is 0 Å². The highest BCUT2D eigenvalue weighted by molar-refractivity contribution is 9.10. The van der Waals surface area contributed by atoms with E-state index in [-0.39, 0.29) is 0 Å². The van der Waals surface area contributed by atoms with Gasteiger partial charge >= 0.3 is 0 Å². The maximum absolute atomic E-state index is 4.02. The number of aromatic nitrogens is 1. The van der Waals surface area contributed by atoms with Crippen molar-refractivity contribution in [3.63, 3.8) is 0 Å². The van der Waals surface area contributed by atoms with Crippen LogP contribution < -0.4 is 5.32 Å². The van der Waals surface area contributed by atoms with E-state index in [0.717, 1.165) is 10.2 Å². The van der Waals surface area contributed by atoms with Crippen molar-refractivity contribution >= 4 is 21.6 Å². The van der Waals surface area contributed by atoms with Crippen LogP contribution >= 0.6 is 15.9 Å². The predicted molar refractivity (Wildman–Crippen MR) is 57.7 cm³/mol. The number of rotatable bonds is 2. The molecule has 1 N–H and O–H groups in total. The Morgan fingerprint density at radius 1 is 1.62 bits per heavy atom. The van der Waals surface area contributed by atoms with E-state index in [4.69, 9.17) is 0 Å². The Kier molecular flexibility index (Phi) is 2.06. The average molecular weight is 241 g/mol. The topological polar surface area (TPSA) is 24.9 Å². The fraction of sp³-hybridized carbons (Fsp3) is 0.500. The molecule has 0 saturated heterocycles. The smallest absolute Gasteiger partial charge is 0.0590 e. The molecule has 1 aromatic rings. The Balaban J connectivity index is 2.07. The van der Waals surface area contributed by atoms with Crippen LogP contribution in [0.4, 0.5) is 5.69 Å². The average Bonchev–Trinajstić information content (AvgIpc) is 2.64. The summed E-state index contributed by atoms with van der Waals surface area (Å²) >= 11 is 3.47. The van der Waals surface area contributed by atoms with Gasteiger partial charge in [-0.15, -0.1) is 0 Å². The summed E-state index contributed by atoms with van der Waals surface area (Å²) < 4.78 is 1.04. The summed E-state index contributed by atoms with van der Waals surface area (Å²) in [5.41, 5.74) is 1.61. The van der Waals surface area contributed by atoms with E-state index in [1.165, 1.54) is 6.42 Å². The van der Waals surface area contributed by atoms with Crippen LogP contribution in [0.1, 0.15) is 20.3 Å². The molecule has 1 aliphatic rings. The van der Waals surface area contributed by atoms with Crippen LogP contribution in [-0.4, -0.2) is 11.0 Å². The van der Waals surface area contributed by atoms with Gasteiger partial charge in [0.15, 0.2) is 0 Å². The molecule has 70 valence electrons.